The minimum absolute atomic E-state index is 0.364. The van der Waals surface area contributed by atoms with Gasteiger partial charge in [-0.2, -0.15) is 0 Å². The summed E-state index contributed by atoms with van der Waals surface area (Å²) in [6.07, 6.45) is 3.06. The number of hydrogen-bond acceptors (Lipinski definition) is 7. The van der Waals surface area contributed by atoms with E-state index in [0.717, 1.165) is 34.9 Å². The highest BCUT2D eigenvalue weighted by Crippen LogP contribution is 2.52. The van der Waals surface area contributed by atoms with E-state index in [-0.39, 0.29) is 6.04 Å². The van der Waals surface area contributed by atoms with Crippen LogP contribution in [0.2, 0.25) is 0 Å². The molecule has 1 fully saturated rings. The first-order valence-corrected chi connectivity index (χ1v) is 10.2. The number of carbonyl (C=O) groups excluding carboxylic acids is 1. The van der Waals surface area contributed by atoms with Crippen LogP contribution < -0.4 is 15.8 Å². The van der Waals surface area contributed by atoms with Crippen molar-refractivity contribution < 1.29 is 13.9 Å². The van der Waals surface area contributed by atoms with Crippen LogP contribution >= 0.6 is 15.9 Å². The molecule has 1 aromatic carbocycles. The first-order chi connectivity index (χ1) is 13.5. The number of aromatic nitrogens is 2. The Morgan fingerprint density at radius 1 is 1.39 bits per heavy atom. The maximum absolute atomic E-state index is 12.1. The van der Waals surface area contributed by atoms with E-state index in [0.29, 0.717) is 42.2 Å². The summed E-state index contributed by atoms with van der Waals surface area (Å²) < 4.78 is 12.8. The molecule has 0 bridgehead atoms. The highest BCUT2D eigenvalue weighted by molar-refractivity contribution is 9.10. The average Bonchev–Trinajstić information content (AvgIpc) is 3.35. The Hall–Kier alpha value is -2.19. The van der Waals surface area contributed by atoms with Crippen molar-refractivity contribution >= 4 is 22.2 Å². The summed E-state index contributed by atoms with van der Waals surface area (Å²) in [6, 6.07) is 5.43. The Morgan fingerprint density at radius 2 is 2.14 bits per heavy atom. The van der Waals surface area contributed by atoms with Crippen LogP contribution in [0.1, 0.15) is 56.0 Å². The largest absolute Gasteiger partial charge is 0.491 e. The fraction of sp³-hybridized carbons (Fsp3) is 0.450. The van der Waals surface area contributed by atoms with Gasteiger partial charge in [-0.1, -0.05) is 12.1 Å². The van der Waals surface area contributed by atoms with Crippen LogP contribution in [0, 0.1) is 0 Å². The topological polar surface area (TPSA) is 103 Å². The summed E-state index contributed by atoms with van der Waals surface area (Å²) in [6.45, 7) is 4.65. The zero-order valence-corrected chi connectivity index (χ0v) is 17.5. The number of halogens is 1. The molecule has 1 aromatic heterocycles. The number of allylic oxidation sites excluding steroid dienone is 1. The quantitative estimate of drug-likeness (QED) is 0.629. The van der Waals surface area contributed by atoms with Gasteiger partial charge in [0.25, 0.3) is 0 Å². The molecule has 2 unspecified atom stereocenters. The lowest BCUT2D eigenvalue weighted by atomic mass is 9.72. The molecule has 2 heterocycles. The van der Waals surface area contributed by atoms with Gasteiger partial charge in [0, 0.05) is 29.3 Å². The molecule has 0 amide bonds. The minimum Gasteiger partial charge on any atom is -0.491 e. The van der Waals surface area contributed by atoms with Crippen LogP contribution in [-0.2, 0) is 10.2 Å². The zero-order valence-electron chi connectivity index (χ0n) is 15.9. The second kappa shape index (κ2) is 7.33. The Labute approximate surface area is 171 Å². The molecule has 8 heteroatoms. The number of benzene rings is 1. The number of nitrogens with zero attached hydrogens (tertiary/aromatic N) is 2. The van der Waals surface area contributed by atoms with Gasteiger partial charge < -0.3 is 20.2 Å². The van der Waals surface area contributed by atoms with Gasteiger partial charge in [-0.15, -0.1) is 10.2 Å². The van der Waals surface area contributed by atoms with Crippen molar-refractivity contribution in [1.82, 2.24) is 15.5 Å². The monoisotopic (exact) mass is 446 g/mol. The van der Waals surface area contributed by atoms with Crippen molar-refractivity contribution in [2.24, 2.45) is 5.73 Å². The van der Waals surface area contributed by atoms with Crippen LogP contribution in [0.25, 0.3) is 0 Å². The van der Waals surface area contributed by atoms with E-state index in [1.54, 1.807) is 0 Å². The number of aldehydes is 1. The molecule has 2 aliphatic rings. The zero-order chi connectivity index (χ0) is 19.9. The van der Waals surface area contributed by atoms with Crippen molar-refractivity contribution in [2.75, 3.05) is 13.2 Å². The molecule has 7 nitrogen and oxygen atoms in total. The third-order valence-electron chi connectivity index (χ3n) is 5.54. The number of carbonyl (C=O) groups is 1. The van der Waals surface area contributed by atoms with Crippen LogP contribution in [0.4, 0.5) is 0 Å². The van der Waals surface area contributed by atoms with Gasteiger partial charge in [0.05, 0.1) is 9.89 Å². The van der Waals surface area contributed by atoms with Crippen LogP contribution in [0.3, 0.4) is 0 Å². The maximum atomic E-state index is 12.1. The lowest BCUT2D eigenvalue weighted by Crippen LogP contribution is -2.35. The third-order valence-corrected chi connectivity index (χ3v) is 6.16. The molecule has 1 aliphatic heterocycles. The van der Waals surface area contributed by atoms with Crippen molar-refractivity contribution in [3.63, 3.8) is 0 Å². The summed E-state index contributed by atoms with van der Waals surface area (Å²) in [4.78, 5) is 12.1. The molecule has 0 saturated heterocycles. The van der Waals surface area contributed by atoms with E-state index in [1.165, 1.54) is 0 Å². The molecule has 1 aliphatic carbocycles. The SMILES string of the molecule is CC1=C(C=O)C(C)(c2cccc(Br)c2OCCN)C(c2nnc(C3CC3)o2)N1. The van der Waals surface area contributed by atoms with Gasteiger partial charge in [0.2, 0.25) is 11.8 Å². The van der Waals surface area contributed by atoms with Gasteiger partial charge in [-0.05, 0) is 48.7 Å². The van der Waals surface area contributed by atoms with Gasteiger partial charge >= 0.3 is 0 Å². The number of rotatable bonds is 7. The van der Waals surface area contributed by atoms with Crippen LogP contribution in [-0.4, -0.2) is 29.6 Å². The number of para-hydroxylation sites is 1. The summed E-state index contributed by atoms with van der Waals surface area (Å²) in [7, 11) is 0. The summed E-state index contributed by atoms with van der Waals surface area (Å²) >= 11 is 3.57. The van der Waals surface area contributed by atoms with E-state index >= 15 is 0 Å². The molecule has 2 atom stereocenters. The van der Waals surface area contributed by atoms with Gasteiger partial charge in [0.15, 0.2) is 0 Å². The lowest BCUT2D eigenvalue weighted by Gasteiger charge is -2.33. The molecule has 28 heavy (non-hydrogen) atoms. The van der Waals surface area contributed by atoms with E-state index in [1.807, 2.05) is 32.0 Å². The Bertz CT molecular complexity index is 937. The normalized spacial score (nSPS) is 24.4. The highest BCUT2D eigenvalue weighted by atomic mass is 79.9. The van der Waals surface area contributed by atoms with Crippen LogP contribution in [0.5, 0.6) is 5.75 Å². The first-order valence-electron chi connectivity index (χ1n) is 9.39. The summed E-state index contributed by atoms with van der Waals surface area (Å²) in [5.74, 6) is 2.18. The Morgan fingerprint density at radius 3 is 2.82 bits per heavy atom. The summed E-state index contributed by atoms with van der Waals surface area (Å²) in [5, 5.41) is 11.9. The van der Waals surface area contributed by atoms with Crippen molar-refractivity contribution in [3.8, 4) is 5.75 Å². The van der Waals surface area contributed by atoms with Crippen LogP contribution in [0.15, 0.2) is 38.4 Å². The maximum Gasteiger partial charge on any atom is 0.239 e. The van der Waals surface area contributed by atoms with Crippen molar-refractivity contribution in [3.05, 3.63) is 51.3 Å². The highest BCUT2D eigenvalue weighted by Gasteiger charge is 2.50. The summed E-state index contributed by atoms with van der Waals surface area (Å²) in [5.41, 5.74) is 7.19. The third kappa shape index (κ3) is 3.04. The lowest BCUT2D eigenvalue weighted by molar-refractivity contribution is -0.105. The molecular weight excluding hydrogens is 424 g/mol. The number of nitrogens with one attached hydrogen (secondary N) is 1. The van der Waals surface area contributed by atoms with E-state index < -0.39 is 5.41 Å². The minimum atomic E-state index is -0.743. The number of hydrogen-bond donors (Lipinski definition) is 2. The molecule has 148 valence electrons. The van der Waals surface area contributed by atoms with Gasteiger partial charge in [0.1, 0.15) is 24.7 Å². The smallest absolute Gasteiger partial charge is 0.239 e. The molecule has 3 N–H and O–H groups in total. The average molecular weight is 447 g/mol. The molecular formula is C20H23BrN4O3. The molecule has 0 radical (unpaired) electrons. The van der Waals surface area contributed by atoms with E-state index in [9.17, 15) is 4.79 Å². The van der Waals surface area contributed by atoms with Gasteiger partial charge in [-0.25, -0.2) is 0 Å². The Balaban J connectivity index is 1.84. The van der Waals surface area contributed by atoms with E-state index in [4.69, 9.17) is 14.9 Å². The molecule has 2 aromatic rings. The molecule has 0 spiro atoms. The second-order valence-corrected chi connectivity index (χ2v) is 8.30. The first kappa shape index (κ1) is 19.1. The molecule has 1 saturated carbocycles. The number of nitrogens with two attached hydrogens (primary N) is 1. The van der Waals surface area contributed by atoms with Gasteiger partial charge in [-0.3, -0.25) is 4.79 Å². The van der Waals surface area contributed by atoms with Crippen molar-refractivity contribution in [2.45, 2.75) is 44.1 Å². The predicted octanol–water partition coefficient (Wildman–Crippen LogP) is 3.12. The van der Waals surface area contributed by atoms with E-state index in [2.05, 4.69) is 31.4 Å². The fourth-order valence-electron chi connectivity index (χ4n) is 3.89. The standard InChI is InChI=1S/C20H23BrN4O3/c1-11-14(10-26)20(2,13-4-3-5-15(21)16(13)27-9-8-22)17(23-11)19-25-24-18(28-19)12-6-7-12/h3-5,10,12,17,23H,6-9,22H2,1-2H3. The van der Waals surface area contributed by atoms with Crippen molar-refractivity contribution in [1.29, 1.82) is 0 Å². The molecule has 4 rings (SSSR count). The fourth-order valence-corrected chi connectivity index (χ4v) is 4.37. The Kier molecular flexibility index (Phi) is 5.01. The number of ether oxygens (including phenoxy) is 1. The predicted molar refractivity (Wildman–Crippen MR) is 107 cm³/mol. The second-order valence-electron chi connectivity index (χ2n) is 7.44.